The zero-order chi connectivity index (χ0) is 28.7. The number of nitrogens with two attached hydrogens (primary N) is 1. The number of primary amides is 1. The van der Waals surface area contributed by atoms with Gasteiger partial charge in [0, 0.05) is 37.7 Å². The molecule has 0 radical (unpaired) electrons. The molecule has 1 heterocycles. The minimum absolute atomic E-state index is 0.0239. The third-order valence-electron chi connectivity index (χ3n) is 6.39. The van der Waals surface area contributed by atoms with Crippen LogP contribution in [0.2, 0.25) is 6.32 Å². The molecule has 0 saturated carbocycles. The van der Waals surface area contributed by atoms with Crippen molar-refractivity contribution >= 4 is 43.4 Å². The molecule has 12 nitrogen and oxygen atoms in total. The van der Waals surface area contributed by atoms with Gasteiger partial charge in [-0.2, -0.15) is 0 Å². The second-order valence-electron chi connectivity index (χ2n) is 9.78. The van der Waals surface area contributed by atoms with Gasteiger partial charge in [0.15, 0.2) is 0 Å². The minimum Gasteiger partial charge on any atom is -0.352 e. The van der Waals surface area contributed by atoms with Crippen molar-refractivity contribution in [2.24, 2.45) is 11.7 Å². The number of nitrogens with zero attached hydrogens (tertiary/aromatic N) is 1. The Kier molecular flexibility index (Phi) is 14.8. The van der Waals surface area contributed by atoms with Gasteiger partial charge in [-0.3, -0.25) is 28.9 Å². The highest BCUT2D eigenvalue weighted by Gasteiger charge is 2.29. The van der Waals surface area contributed by atoms with E-state index in [-0.39, 0.29) is 55.0 Å². The molecule has 0 bridgehead atoms. The summed E-state index contributed by atoms with van der Waals surface area (Å²) < 4.78 is 0. The van der Waals surface area contributed by atoms with Crippen LogP contribution >= 0.6 is 0 Å². The first-order valence-corrected chi connectivity index (χ1v) is 13.5. The first-order chi connectivity index (χ1) is 18.0. The minimum atomic E-state index is -0.833. The quantitative estimate of drug-likeness (QED) is 0.0898. The van der Waals surface area contributed by atoms with Crippen LogP contribution < -0.4 is 27.0 Å². The van der Waals surface area contributed by atoms with E-state index in [4.69, 9.17) is 5.73 Å². The second-order valence-corrected chi connectivity index (χ2v) is 9.78. The van der Waals surface area contributed by atoms with Gasteiger partial charge in [-0.25, -0.2) is 4.79 Å². The number of imide groups is 1. The van der Waals surface area contributed by atoms with Gasteiger partial charge in [-0.1, -0.05) is 33.5 Å². The van der Waals surface area contributed by atoms with Gasteiger partial charge in [0.25, 0.3) is 11.8 Å². The Balaban J connectivity index is 2.63. The molecule has 0 saturated heterocycles. The van der Waals surface area contributed by atoms with Gasteiger partial charge >= 0.3 is 6.03 Å². The topological polar surface area (TPSA) is 180 Å². The third-order valence-corrected chi connectivity index (χ3v) is 6.39. The molecule has 1 aliphatic heterocycles. The van der Waals surface area contributed by atoms with Crippen LogP contribution in [0, 0.1) is 5.92 Å². The average Bonchev–Trinajstić information content (AvgIpc) is 3.18. The van der Waals surface area contributed by atoms with Crippen molar-refractivity contribution in [1.82, 2.24) is 26.2 Å². The van der Waals surface area contributed by atoms with Crippen LogP contribution in [0.3, 0.4) is 0 Å². The predicted molar refractivity (Wildman–Crippen MR) is 145 cm³/mol. The molecule has 0 aliphatic carbocycles. The number of hydrogen-bond acceptors (Lipinski definition) is 6. The van der Waals surface area contributed by atoms with Crippen LogP contribution in [0.1, 0.15) is 65.7 Å². The normalized spacial score (nSPS) is 15.2. The van der Waals surface area contributed by atoms with E-state index in [0.29, 0.717) is 32.2 Å². The van der Waals surface area contributed by atoms with Crippen molar-refractivity contribution in [1.29, 1.82) is 0 Å². The van der Waals surface area contributed by atoms with E-state index in [9.17, 15) is 28.8 Å². The predicted octanol–water partition coefficient (Wildman–Crippen LogP) is -0.508. The summed E-state index contributed by atoms with van der Waals surface area (Å²) in [5.74, 6) is -1.94. The number of nitrogens with one attached hydrogen (secondary N) is 4. The Morgan fingerprint density at radius 3 is 2.16 bits per heavy atom. The number of amides is 7. The Labute approximate surface area is 225 Å². The van der Waals surface area contributed by atoms with Crippen molar-refractivity contribution in [2.75, 3.05) is 13.1 Å². The second kappa shape index (κ2) is 17.2. The lowest BCUT2D eigenvalue weighted by Crippen LogP contribution is -2.56. The lowest BCUT2D eigenvalue weighted by molar-refractivity contribution is -0.137. The van der Waals surface area contributed by atoms with Crippen LogP contribution in [0.4, 0.5) is 4.79 Å². The Hall–Kier alpha value is -3.38. The Bertz CT molecular complexity index is 858. The summed E-state index contributed by atoms with van der Waals surface area (Å²) in [5, 5.41) is 11.0. The maximum atomic E-state index is 13.1. The summed E-state index contributed by atoms with van der Waals surface area (Å²) in [5.41, 5.74) is 5.09. The molecule has 0 spiro atoms. The summed E-state index contributed by atoms with van der Waals surface area (Å²) in [7, 11) is 1.96. The average molecular weight is 534 g/mol. The third kappa shape index (κ3) is 11.8. The highest BCUT2D eigenvalue weighted by molar-refractivity contribution is 6.12. The van der Waals surface area contributed by atoms with Crippen molar-refractivity contribution in [2.45, 2.75) is 90.2 Å². The fourth-order valence-corrected chi connectivity index (χ4v) is 4.01. The van der Waals surface area contributed by atoms with Gasteiger partial charge in [0.1, 0.15) is 19.9 Å². The highest BCUT2D eigenvalue weighted by Crippen LogP contribution is 2.10. The number of unbranched alkanes of at least 4 members (excludes halogenated alkanes) is 2. The number of urea groups is 1. The fourth-order valence-electron chi connectivity index (χ4n) is 4.01. The van der Waals surface area contributed by atoms with Gasteiger partial charge in [0.05, 0.1) is 0 Å². The van der Waals surface area contributed by atoms with Crippen LogP contribution in [0.5, 0.6) is 0 Å². The lowest BCUT2D eigenvalue weighted by atomic mass is 9.95. The molecular formula is C25H43BN6O6. The molecule has 1 aliphatic rings. The molecular weight excluding hydrogens is 491 g/mol. The maximum absolute atomic E-state index is 13.1. The van der Waals surface area contributed by atoms with Crippen LogP contribution in [-0.2, 0) is 24.0 Å². The summed E-state index contributed by atoms with van der Waals surface area (Å²) >= 11 is 0. The van der Waals surface area contributed by atoms with Crippen LogP contribution in [0.15, 0.2) is 12.2 Å². The van der Waals surface area contributed by atoms with E-state index in [0.717, 1.165) is 12.7 Å². The maximum Gasteiger partial charge on any atom is 0.312 e. The van der Waals surface area contributed by atoms with Crippen LogP contribution in [0.25, 0.3) is 0 Å². The van der Waals surface area contributed by atoms with Crippen molar-refractivity contribution in [3.63, 3.8) is 0 Å². The highest BCUT2D eigenvalue weighted by atomic mass is 16.2. The molecule has 13 heteroatoms. The number of rotatable bonds is 18. The molecule has 1 unspecified atom stereocenters. The van der Waals surface area contributed by atoms with Crippen LogP contribution in [-0.4, -0.2) is 79.5 Å². The van der Waals surface area contributed by atoms with Gasteiger partial charge in [-0.15, -0.1) is 0 Å². The van der Waals surface area contributed by atoms with E-state index >= 15 is 0 Å². The zero-order valence-corrected chi connectivity index (χ0v) is 23.0. The summed E-state index contributed by atoms with van der Waals surface area (Å²) in [6.45, 7) is 6.14. The van der Waals surface area contributed by atoms with Crippen molar-refractivity contribution in [3.05, 3.63) is 12.2 Å². The molecule has 0 aromatic rings. The van der Waals surface area contributed by atoms with Crippen molar-refractivity contribution in [3.8, 4) is 0 Å². The first kappa shape index (κ1) is 32.7. The van der Waals surface area contributed by atoms with Gasteiger partial charge < -0.3 is 27.0 Å². The smallest absolute Gasteiger partial charge is 0.312 e. The Morgan fingerprint density at radius 2 is 1.61 bits per heavy atom. The fraction of sp³-hybridized carbons (Fsp3) is 0.680. The largest absolute Gasteiger partial charge is 0.352 e. The summed E-state index contributed by atoms with van der Waals surface area (Å²) in [6.07, 6.45) is 6.64. The van der Waals surface area contributed by atoms with Crippen molar-refractivity contribution < 1.29 is 28.8 Å². The van der Waals surface area contributed by atoms with Gasteiger partial charge in [0.2, 0.25) is 17.7 Å². The molecule has 6 N–H and O–H groups in total. The lowest BCUT2D eigenvalue weighted by Gasteiger charge is -2.26. The SMILES string of the molecule is BC[C@@H](CC)NC(=O)[C@H](CCCNC(N)=O)NC(=O)C(NC(=O)CCCCCN1C(=O)C=CC1=O)C(C)C. The molecule has 7 amide bonds. The molecule has 3 atom stereocenters. The summed E-state index contributed by atoms with van der Waals surface area (Å²) in [6, 6.07) is -2.35. The molecule has 0 fully saturated rings. The monoisotopic (exact) mass is 534 g/mol. The van der Waals surface area contributed by atoms with E-state index in [1.807, 2.05) is 14.8 Å². The van der Waals surface area contributed by atoms with E-state index in [1.54, 1.807) is 13.8 Å². The number of carbonyl (C=O) groups excluding carboxylic acids is 6. The van der Waals surface area contributed by atoms with E-state index in [2.05, 4.69) is 21.3 Å². The molecule has 0 aromatic heterocycles. The molecule has 0 aromatic carbocycles. The first-order valence-electron chi connectivity index (χ1n) is 13.5. The molecule has 38 heavy (non-hydrogen) atoms. The van der Waals surface area contributed by atoms with E-state index in [1.165, 1.54) is 17.1 Å². The number of hydrogen-bond donors (Lipinski definition) is 5. The zero-order valence-electron chi connectivity index (χ0n) is 23.0. The Morgan fingerprint density at radius 1 is 0.947 bits per heavy atom. The van der Waals surface area contributed by atoms with E-state index < -0.39 is 24.0 Å². The number of carbonyl (C=O) groups is 6. The standard InChI is InChI=1S/C25H43BN6O6/c1-4-17(15-26)29-23(36)18(9-8-13-28-25(27)38)30-24(37)22(16(2)3)31-19(33)10-6-5-7-14-32-20(34)11-12-21(32)35/h11-12,16-18,22H,4-10,13-15,26H2,1-3H3,(H,29,36)(H,30,37)(H,31,33)(H3,27,28,38)/t17-,18+,22?/m1/s1. The molecule has 212 valence electrons. The summed E-state index contributed by atoms with van der Waals surface area (Å²) in [4.78, 5) is 73.8. The van der Waals surface area contributed by atoms with Gasteiger partial charge in [-0.05, 0) is 38.0 Å². The molecule has 1 rings (SSSR count).